The van der Waals surface area contributed by atoms with Gasteiger partial charge in [-0.05, 0) is 91.8 Å². The summed E-state index contributed by atoms with van der Waals surface area (Å²) in [6, 6.07) is 28.5. The molecule has 0 saturated carbocycles. The van der Waals surface area contributed by atoms with Gasteiger partial charge in [-0.2, -0.15) is 0 Å². The summed E-state index contributed by atoms with van der Waals surface area (Å²) in [7, 11) is -3.76. The molecule has 9 heteroatoms. The fourth-order valence-electron chi connectivity index (χ4n) is 3.82. The zero-order chi connectivity index (χ0) is 27.8. The van der Waals surface area contributed by atoms with Crippen molar-refractivity contribution in [2.24, 2.45) is 0 Å². The van der Waals surface area contributed by atoms with E-state index >= 15 is 0 Å². The maximum absolute atomic E-state index is 12.8. The van der Waals surface area contributed by atoms with Crippen LogP contribution in [0.2, 0.25) is 0 Å². The molecule has 0 atom stereocenters. The van der Waals surface area contributed by atoms with Gasteiger partial charge in [0.2, 0.25) is 0 Å². The van der Waals surface area contributed by atoms with Crippen LogP contribution in [-0.2, 0) is 16.4 Å². The van der Waals surface area contributed by atoms with Crippen LogP contribution in [0.5, 0.6) is 5.75 Å². The summed E-state index contributed by atoms with van der Waals surface area (Å²) >= 11 is 5.26. The van der Waals surface area contributed by atoms with Gasteiger partial charge in [0.25, 0.3) is 15.9 Å². The Hall–Kier alpha value is -4.21. The summed E-state index contributed by atoms with van der Waals surface area (Å²) < 4.78 is 34.0. The van der Waals surface area contributed by atoms with E-state index in [1.54, 1.807) is 42.5 Å². The van der Waals surface area contributed by atoms with Crippen LogP contribution >= 0.6 is 12.2 Å². The van der Waals surface area contributed by atoms with E-state index in [1.807, 2.05) is 44.2 Å². The number of nitrogens with one attached hydrogen (secondary N) is 3. The number of rotatable bonds is 9. The van der Waals surface area contributed by atoms with Crippen LogP contribution in [-0.4, -0.2) is 26.0 Å². The van der Waals surface area contributed by atoms with Crippen LogP contribution < -0.4 is 20.1 Å². The van der Waals surface area contributed by atoms with Gasteiger partial charge in [-0.3, -0.25) is 14.8 Å². The third-order valence-corrected chi connectivity index (χ3v) is 7.48. The Morgan fingerprint density at radius 1 is 0.872 bits per heavy atom. The molecule has 0 fully saturated rings. The van der Waals surface area contributed by atoms with Crippen molar-refractivity contribution in [2.45, 2.75) is 25.2 Å². The molecule has 0 saturated heterocycles. The number of aryl methyl sites for hydroxylation is 2. The van der Waals surface area contributed by atoms with Gasteiger partial charge >= 0.3 is 0 Å². The summed E-state index contributed by atoms with van der Waals surface area (Å²) in [6.45, 7) is 4.33. The first-order valence-electron chi connectivity index (χ1n) is 12.3. The maximum Gasteiger partial charge on any atom is 0.261 e. The molecule has 0 radical (unpaired) electrons. The third-order valence-electron chi connectivity index (χ3n) is 5.89. The predicted molar refractivity (Wildman–Crippen MR) is 159 cm³/mol. The van der Waals surface area contributed by atoms with Crippen molar-refractivity contribution in [3.05, 3.63) is 119 Å². The molecular formula is C30H29N3O4S2. The third kappa shape index (κ3) is 7.89. The van der Waals surface area contributed by atoms with Crippen LogP contribution in [0, 0.1) is 13.8 Å². The number of carbonyl (C=O) groups excluding carboxylic acids is 1. The molecule has 200 valence electrons. The molecule has 7 nitrogen and oxygen atoms in total. The molecule has 0 aliphatic rings. The molecule has 0 aliphatic heterocycles. The molecule has 4 aromatic carbocycles. The summed E-state index contributed by atoms with van der Waals surface area (Å²) in [6.07, 6.45) is 0.791. The fraction of sp³-hybridized carbons (Fsp3) is 0.133. The van der Waals surface area contributed by atoms with Gasteiger partial charge in [0, 0.05) is 17.7 Å². The standard InChI is InChI=1S/C30H29N3O4S2/c1-21-8-17-28(22(2)20-21)33-39(35,36)27-15-11-25(12-16-27)31-30(38)32-29(34)24-9-13-26(14-10-24)37-19-18-23-6-4-3-5-7-23/h3-17,20,33H,18-19H2,1-2H3,(H2,31,32,34,38). The number of hydrogen-bond acceptors (Lipinski definition) is 5. The van der Waals surface area contributed by atoms with Crippen LogP contribution in [0.3, 0.4) is 0 Å². The van der Waals surface area contributed by atoms with Gasteiger partial charge in [-0.25, -0.2) is 8.42 Å². The van der Waals surface area contributed by atoms with E-state index in [-0.39, 0.29) is 15.9 Å². The average Bonchev–Trinajstić information content (AvgIpc) is 2.91. The highest BCUT2D eigenvalue weighted by molar-refractivity contribution is 7.92. The Bertz CT molecular complexity index is 1550. The van der Waals surface area contributed by atoms with Crippen molar-refractivity contribution >= 4 is 44.6 Å². The molecular weight excluding hydrogens is 530 g/mol. The Balaban J connectivity index is 1.28. The van der Waals surface area contributed by atoms with Crippen molar-refractivity contribution in [2.75, 3.05) is 16.6 Å². The van der Waals surface area contributed by atoms with Crippen molar-refractivity contribution in [1.82, 2.24) is 5.32 Å². The van der Waals surface area contributed by atoms with Gasteiger partial charge in [0.15, 0.2) is 5.11 Å². The lowest BCUT2D eigenvalue weighted by atomic mass is 10.1. The number of hydrogen-bond donors (Lipinski definition) is 3. The lowest BCUT2D eigenvalue weighted by molar-refractivity contribution is 0.0977. The molecule has 4 rings (SSSR count). The van der Waals surface area contributed by atoms with E-state index in [9.17, 15) is 13.2 Å². The number of sulfonamides is 1. The van der Waals surface area contributed by atoms with Crippen LogP contribution in [0.25, 0.3) is 0 Å². The van der Waals surface area contributed by atoms with E-state index in [0.29, 0.717) is 29.3 Å². The smallest absolute Gasteiger partial charge is 0.261 e. The van der Waals surface area contributed by atoms with E-state index < -0.39 is 10.0 Å². The van der Waals surface area contributed by atoms with Crippen LogP contribution in [0.4, 0.5) is 11.4 Å². The highest BCUT2D eigenvalue weighted by Gasteiger charge is 2.16. The van der Waals surface area contributed by atoms with Crippen LogP contribution in [0.1, 0.15) is 27.0 Å². The Morgan fingerprint density at radius 3 is 2.23 bits per heavy atom. The van der Waals surface area contributed by atoms with E-state index in [0.717, 1.165) is 17.5 Å². The largest absolute Gasteiger partial charge is 0.493 e. The number of amides is 1. The average molecular weight is 560 g/mol. The first-order chi connectivity index (χ1) is 18.7. The van der Waals surface area contributed by atoms with E-state index in [1.165, 1.54) is 17.7 Å². The summed E-state index contributed by atoms with van der Waals surface area (Å²) in [5, 5.41) is 5.62. The van der Waals surface area contributed by atoms with Crippen molar-refractivity contribution in [3.8, 4) is 5.75 Å². The maximum atomic E-state index is 12.8. The van der Waals surface area contributed by atoms with Crippen LogP contribution in [0.15, 0.2) is 102 Å². The first kappa shape index (κ1) is 27.8. The SMILES string of the molecule is Cc1ccc(NS(=O)(=O)c2ccc(NC(=S)NC(=O)c3ccc(OCCc4ccccc4)cc3)cc2)c(C)c1. The lowest BCUT2D eigenvalue weighted by Gasteiger charge is -2.13. The Morgan fingerprint density at radius 2 is 1.56 bits per heavy atom. The molecule has 1 amide bonds. The monoisotopic (exact) mass is 559 g/mol. The van der Waals surface area contributed by atoms with E-state index in [4.69, 9.17) is 17.0 Å². The highest BCUT2D eigenvalue weighted by Crippen LogP contribution is 2.22. The van der Waals surface area contributed by atoms with Crippen molar-refractivity contribution < 1.29 is 17.9 Å². The fourth-order valence-corrected chi connectivity index (χ4v) is 5.16. The number of carbonyl (C=O) groups is 1. The second-order valence-corrected chi connectivity index (χ2v) is 11.1. The van der Waals surface area contributed by atoms with Crippen molar-refractivity contribution in [3.63, 3.8) is 0 Å². The highest BCUT2D eigenvalue weighted by atomic mass is 32.2. The van der Waals surface area contributed by atoms with Gasteiger partial charge in [-0.15, -0.1) is 0 Å². The number of benzene rings is 4. The minimum absolute atomic E-state index is 0.0900. The van der Waals surface area contributed by atoms with Gasteiger partial charge in [0.1, 0.15) is 5.75 Å². The molecule has 0 heterocycles. The number of anilines is 2. The first-order valence-corrected chi connectivity index (χ1v) is 14.2. The Labute approximate surface area is 234 Å². The molecule has 4 aromatic rings. The minimum Gasteiger partial charge on any atom is -0.493 e. The van der Waals surface area contributed by atoms with Gasteiger partial charge < -0.3 is 10.1 Å². The number of thiocarbonyl (C=S) groups is 1. The zero-order valence-corrected chi connectivity index (χ0v) is 23.2. The summed E-state index contributed by atoms with van der Waals surface area (Å²) in [4.78, 5) is 12.7. The summed E-state index contributed by atoms with van der Waals surface area (Å²) in [5.74, 6) is 0.297. The van der Waals surface area contributed by atoms with Crippen molar-refractivity contribution in [1.29, 1.82) is 0 Å². The minimum atomic E-state index is -3.76. The predicted octanol–water partition coefficient (Wildman–Crippen LogP) is 5.85. The molecule has 39 heavy (non-hydrogen) atoms. The lowest BCUT2D eigenvalue weighted by Crippen LogP contribution is -2.34. The van der Waals surface area contributed by atoms with E-state index in [2.05, 4.69) is 27.5 Å². The van der Waals surface area contributed by atoms with Gasteiger partial charge in [0.05, 0.1) is 17.2 Å². The molecule has 0 bridgehead atoms. The topological polar surface area (TPSA) is 96.5 Å². The molecule has 0 spiro atoms. The second-order valence-electron chi connectivity index (χ2n) is 8.96. The molecule has 0 aromatic heterocycles. The second kappa shape index (κ2) is 12.6. The zero-order valence-electron chi connectivity index (χ0n) is 21.6. The molecule has 0 aliphatic carbocycles. The van der Waals surface area contributed by atoms with Gasteiger partial charge in [-0.1, -0.05) is 48.0 Å². The number of ether oxygens (including phenoxy) is 1. The molecule has 3 N–H and O–H groups in total. The Kier molecular flexibility index (Phi) is 8.96. The molecule has 0 unspecified atom stereocenters. The quantitative estimate of drug-likeness (QED) is 0.223. The normalized spacial score (nSPS) is 10.9. The summed E-state index contributed by atoms with van der Waals surface area (Å²) in [5.41, 5.74) is 4.57.